The summed E-state index contributed by atoms with van der Waals surface area (Å²) in [4.78, 5) is 74.3. The molecule has 4 heterocycles. The summed E-state index contributed by atoms with van der Waals surface area (Å²) in [7, 11) is 2.66. The van der Waals surface area contributed by atoms with Crippen LogP contribution < -0.4 is 5.32 Å². The van der Waals surface area contributed by atoms with E-state index in [1.807, 2.05) is 83.8 Å². The molecule has 296 valence electrons. The van der Waals surface area contributed by atoms with Gasteiger partial charge in [-0.1, -0.05) is 91.0 Å². The van der Waals surface area contributed by atoms with E-state index in [0.717, 1.165) is 76.9 Å². The molecule has 3 amide bonds. The van der Waals surface area contributed by atoms with E-state index >= 15 is 0 Å². The number of carbonyl (C=O) groups excluding carboxylic acids is 3. The number of nitrogens with one attached hydrogen (secondary N) is 3. The topological polar surface area (TPSA) is 167 Å². The highest BCUT2D eigenvalue weighted by Crippen LogP contribution is 2.37. The van der Waals surface area contributed by atoms with E-state index in [1.54, 1.807) is 11.1 Å². The Balaban J connectivity index is 0.971. The largest absolute Gasteiger partial charge is 0.453 e. The van der Waals surface area contributed by atoms with Crippen LogP contribution in [0.1, 0.15) is 72.6 Å². The number of benzene rings is 4. The minimum absolute atomic E-state index is 0.131. The predicted molar refractivity (Wildman–Crippen MR) is 217 cm³/mol. The van der Waals surface area contributed by atoms with Crippen LogP contribution >= 0.6 is 0 Å². The number of fused-ring (bicyclic) bond motifs is 1. The van der Waals surface area contributed by atoms with E-state index in [2.05, 4.69) is 49.4 Å². The van der Waals surface area contributed by atoms with E-state index in [9.17, 15) is 14.4 Å². The number of imidazole rings is 2. The maximum Gasteiger partial charge on any atom is 0.407 e. The molecule has 0 bridgehead atoms. The van der Waals surface area contributed by atoms with E-state index in [1.165, 1.54) is 14.2 Å². The number of aromatic amines is 2. The van der Waals surface area contributed by atoms with Crippen LogP contribution in [0, 0.1) is 0 Å². The summed E-state index contributed by atoms with van der Waals surface area (Å²) in [6.07, 6.45) is 5.48. The Morgan fingerprint density at radius 2 is 1.41 bits per heavy atom. The van der Waals surface area contributed by atoms with Gasteiger partial charge in [0.2, 0.25) is 6.40 Å². The minimum atomic E-state index is -0.884. The second-order valence-corrected chi connectivity index (χ2v) is 14.3. The first kappa shape index (κ1) is 38.1. The molecule has 0 aliphatic carbocycles. The van der Waals surface area contributed by atoms with E-state index in [-0.39, 0.29) is 23.9 Å². The lowest BCUT2D eigenvalue weighted by Gasteiger charge is -2.28. The van der Waals surface area contributed by atoms with Crippen molar-refractivity contribution in [3.05, 3.63) is 132 Å². The molecule has 3 N–H and O–H groups in total. The fraction of sp³-hybridized carbons (Fsp3) is 0.273. The van der Waals surface area contributed by atoms with Gasteiger partial charge in [-0.05, 0) is 65.6 Å². The van der Waals surface area contributed by atoms with Gasteiger partial charge in [-0.3, -0.25) is 9.59 Å². The summed E-state index contributed by atoms with van der Waals surface area (Å²) < 4.78 is 4.83. The van der Waals surface area contributed by atoms with Gasteiger partial charge in [-0.15, -0.1) is 0 Å². The number of aliphatic imine (C=N–C) groups is 1. The van der Waals surface area contributed by atoms with Gasteiger partial charge in [-0.25, -0.2) is 19.8 Å². The zero-order valence-corrected chi connectivity index (χ0v) is 32.2. The molecule has 0 unspecified atom stereocenters. The van der Waals surface area contributed by atoms with Gasteiger partial charge in [0.15, 0.2) is 6.04 Å². The number of likely N-dealkylation sites (tertiary alicyclic amines) is 2. The zero-order chi connectivity index (χ0) is 40.0. The summed E-state index contributed by atoms with van der Waals surface area (Å²) in [6.45, 7) is 1.15. The highest BCUT2D eigenvalue weighted by molar-refractivity contribution is 5.88. The average Bonchev–Trinajstić information content (AvgIpc) is 4.11. The Kier molecular flexibility index (Phi) is 11.3. The number of aromatic nitrogens is 4. The normalized spacial score (nSPS) is 17.8. The highest BCUT2D eigenvalue weighted by atomic mass is 17.2. The van der Waals surface area contributed by atoms with Crippen LogP contribution in [0.3, 0.4) is 0 Å². The molecule has 2 fully saturated rings. The molecule has 0 saturated carbocycles. The second kappa shape index (κ2) is 17.1. The Hall–Kier alpha value is -6.80. The van der Waals surface area contributed by atoms with Crippen molar-refractivity contribution in [2.45, 2.75) is 49.9 Å². The zero-order valence-electron chi connectivity index (χ0n) is 32.2. The molecule has 2 aliphatic heterocycles. The second-order valence-electron chi connectivity index (χ2n) is 14.3. The number of methoxy groups -OCH3 is 1. The fourth-order valence-electron chi connectivity index (χ4n) is 7.98. The molecule has 2 aliphatic rings. The van der Waals surface area contributed by atoms with E-state index < -0.39 is 18.2 Å². The number of hydrogen-bond donors (Lipinski definition) is 3. The lowest BCUT2D eigenvalue weighted by atomic mass is 10.0. The molecular formula is C44H44N8O6. The lowest BCUT2D eigenvalue weighted by molar-refractivity contribution is -0.188. The number of alkyl carbamates (subject to hydrolysis) is 1. The van der Waals surface area contributed by atoms with Crippen molar-refractivity contribution >= 4 is 35.3 Å². The third-order valence-corrected chi connectivity index (χ3v) is 10.9. The summed E-state index contributed by atoms with van der Waals surface area (Å²) in [5, 5.41) is 2.71. The number of nitrogens with zero attached hydrogens (tertiary/aromatic N) is 5. The predicted octanol–water partition coefficient (Wildman–Crippen LogP) is 7.39. The molecule has 14 heteroatoms. The van der Waals surface area contributed by atoms with Crippen molar-refractivity contribution in [2.24, 2.45) is 4.99 Å². The number of ether oxygens (including phenoxy) is 1. The van der Waals surface area contributed by atoms with Gasteiger partial charge in [-0.2, -0.15) is 4.89 Å². The number of amides is 3. The Morgan fingerprint density at radius 3 is 2.10 bits per heavy atom. The first-order chi connectivity index (χ1) is 28.4. The molecule has 6 aromatic rings. The molecule has 2 aromatic heterocycles. The Bertz CT molecular complexity index is 2400. The smallest absolute Gasteiger partial charge is 0.407 e. The monoisotopic (exact) mass is 780 g/mol. The molecule has 14 nitrogen and oxygen atoms in total. The van der Waals surface area contributed by atoms with Crippen LogP contribution in [0.15, 0.2) is 114 Å². The SMILES string of the molecule is COO/C=N\[C@@H](C(=O)N1CCC[C@H]1c1nc2cc(-c3ccc(-c4cnc([C@@H]5CCCN5C(=O)[C@H](NC(=O)OC)c5ccccc5)[nH]4)cc3)ccc2[nH]1)c1ccccc1. The van der Waals surface area contributed by atoms with Crippen LogP contribution in [0.25, 0.3) is 33.4 Å². The summed E-state index contributed by atoms with van der Waals surface area (Å²) in [6, 6.07) is 30.8. The van der Waals surface area contributed by atoms with Crippen molar-refractivity contribution in [1.82, 2.24) is 35.1 Å². The number of rotatable bonds is 12. The van der Waals surface area contributed by atoms with Gasteiger partial charge in [0.1, 0.15) is 17.7 Å². The highest BCUT2D eigenvalue weighted by Gasteiger charge is 2.38. The van der Waals surface area contributed by atoms with Gasteiger partial charge in [0.05, 0.1) is 49.2 Å². The third-order valence-electron chi connectivity index (χ3n) is 10.9. The summed E-state index contributed by atoms with van der Waals surface area (Å²) in [5.74, 6) is 1.09. The van der Waals surface area contributed by atoms with Crippen LogP contribution in [0.2, 0.25) is 0 Å². The fourth-order valence-corrected chi connectivity index (χ4v) is 7.98. The Labute approximate surface area is 335 Å². The van der Waals surface area contributed by atoms with Crippen LogP contribution in [-0.2, 0) is 24.1 Å². The standard InChI is InChI=1S/C44H44N8O6/c1-56-44(55)50-39(31-13-7-4-8-14-31)43(54)51-23-9-15-36(51)40-45-26-35(49-40)29-19-17-28(18-20-29)32-21-22-33-34(25-32)48-41(47-33)37-16-10-24-52(37)42(53)38(46-27-58-57-2)30-11-5-3-6-12-30/h3-8,11-14,17-22,25-27,36-39H,9-10,15-16,23-24H2,1-2H3,(H,45,49)(H,47,48)(H,50,55)/b46-27-/t36-,37-,38+,39+/m0/s1. The van der Waals surface area contributed by atoms with Crippen LogP contribution in [0.5, 0.6) is 0 Å². The van der Waals surface area contributed by atoms with E-state index in [0.29, 0.717) is 24.5 Å². The van der Waals surface area contributed by atoms with E-state index in [4.69, 9.17) is 19.6 Å². The first-order valence-electron chi connectivity index (χ1n) is 19.3. The molecule has 2 saturated heterocycles. The molecular weight excluding hydrogens is 737 g/mol. The molecule has 4 aromatic carbocycles. The number of H-pyrrole nitrogens is 2. The van der Waals surface area contributed by atoms with Gasteiger partial charge >= 0.3 is 6.09 Å². The summed E-state index contributed by atoms with van der Waals surface area (Å²) >= 11 is 0. The molecule has 8 rings (SSSR count). The molecule has 58 heavy (non-hydrogen) atoms. The van der Waals surface area contributed by atoms with Crippen LogP contribution in [0.4, 0.5) is 4.79 Å². The first-order valence-corrected chi connectivity index (χ1v) is 19.3. The summed E-state index contributed by atoms with van der Waals surface area (Å²) in [5.41, 5.74) is 6.96. The van der Waals surface area contributed by atoms with Gasteiger partial charge < -0.3 is 34.7 Å². The third kappa shape index (κ3) is 7.91. The molecule has 4 atom stereocenters. The molecule has 0 radical (unpaired) electrons. The van der Waals surface area contributed by atoms with Crippen molar-refractivity contribution in [2.75, 3.05) is 27.3 Å². The van der Waals surface area contributed by atoms with Crippen molar-refractivity contribution in [1.29, 1.82) is 0 Å². The van der Waals surface area contributed by atoms with Crippen molar-refractivity contribution < 1.29 is 28.9 Å². The van der Waals surface area contributed by atoms with Gasteiger partial charge in [0.25, 0.3) is 11.8 Å². The number of hydrogen-bond acceptors (Lipinski definition) is 9. The Morgan fingerprint density at radius 1 is 0.776 bits per heavy atom. The van der Waals surface area contributed by atoms with Gasteiger partial charge in [0, 0.05) is 13.1 Å². The van der Waals surface area contributed by atoms with Crippen molar-refractivity contribution in [3.8, 4) is 22.4 Å². The van der Waals surface area contributed by atoms with Crippen LogP contribution in [-0.4, -0.2) is 81.4 Å². The maximum atomic E-state index is 14.0. The minimum Gasteiger partial charge on any atom is -0.453 e. The maximum absolute atomic E-state index is 14.0. The van der Waals surface area contributed by atoms with Crippen molar-refractivity contribution in [3.63, 3.8) is 0 Å². The number of carbonyl (C=O) groups is 3. The molecule has 0 spiro atoms. The quantitative estimate of drug-likeness (QED) is 0.0500. The average molecular weight is 781 g/mol. The lowest BCUT2D eigenvalue weighted by Crippen LogP contribution is -2.42.